The Balaban J connectivity index is 1.76. The van der Waals surface area contributed by atoms with Crippen LogP contribution in [0, 0.1) is 5.41 Å². The highest BCUT2D eigenvalue weighted by Gasteiger charge is 2.49. The maximum Gasteiger partial charge on any atom is 0.124 e. The molecule has 1 aliphatic carbocycles. The van der Waals surface area contributed by atoms with Crippen molar-refractivity contribution in [3.63, 3.8) is 0 Å². The molecule has 3 rings (SSSR count). The van der Waals surface area contributed by atoms with Gasteiger partial charge in [-0.15, -0.1) is 0 Å². The van der Waals surface area contributed by atoms with E-state index in [0.29, 0.717) is 18.2 Å². The van der Waals surface area contributed by atoms with E-state index >= 15 is 0 Å². The molecule has 0 aromatic heterocycles. The van der Waals surface area contributed by atoms with E-state index in [1.54, 1.807) is 0 Å². The normalized spacial score (nSPS) is 31.1. The molecule has 3 unspecified atom stereocenters. The van der Waals surface area contributed by atoms with Gasteiger partial charge in [0.15, 0.2) is 0 Å². The van der Waals surface area contributed by atoms with Crippen molar-refractivity contribution in [2.45, 2.75) is 44.9 Å². The maximum atomic E-state index is 5.75. The van der Waals surface area contributed by atoms with Gasteiger partial charge in [-0.3, -0.25) is 0 Å². The number of ether oxygens (including phenoxy) is 2. The Morgan fingerprint density at radius 2 is 2.20 bits per heavy atom. The molecule has 3 nitrogen and oxygen atoms in total. The van der Waals surface area contributed by atoms with Crippen molar-refractivity contribution >= 4 is 15.9 Å². The highest BCUT2D eigenvalue weighted by molar-refractivity contribution is 9.10. The minimum atomic E-state index is 0.194. The molecule has 1 heterocycles. The fourth-order valence-corrected chi connectivity index (χ4v) is 3.73. The number of benzene rings is 1. The summed E-state index contributed by atoms with van der Waals surface area (Å²) in [5, 5.41) is 3.81. The molecule has 0 amide bonds. The predicted octanol–water partition coefficient (Wildman–Crippen LogP) is 3.68. The van der Waals surface area contributed by atoms with Gasteiger partial charge >= 0.3 is 0 Å². The van der Waals surface area contributed by atoms with Gasteiger partial charge in [0.25, 0.3) is 0 Å². The van der Waals surface area contributed by atoms with Crippen LogP contribution in [0.25, 0.3) is 0 Å². The Kier molecular flexibility index (Phi) is 3.82. The number of rotatable bonds is 3. The zero-order valence-corrected chi connectivity index (χ0v) is 13.9. The lowest BCUT2D eigenvalue weighted by atomic mass is 9.64. The minimum Gasteiger partial charge on any atom is -0.493 e. The van der Waals surface area contributed by atoms with Crippen LogP contribution in [0.2, 0.25) is 0 Å². The van der Waals surface area contributed by atoms with Gasteiger partial charge in [0.1, 0.15) is 5.75 Å². The molecule has 3 atom stereocenters. The highest BCUT2D eigenvalue weighted by Crippen LogP contribution is 2.44. The lowest BCUT2D eigenvalue weighted by molar-refractivity contribution is -0.101. The smallest absolute Gasteiger partial charge is 0.124 e. The second-order valence-corrected chi connectivity index (χ2v) is 7.29. The van der Waals surface area contributed by atoms with Gasteiger partial charge < -0.3 is 14.8 Å². The summed E-state index contributed by atoms with van der Waals surface area (Å²) in [5.74, 6) is 1.01. The van der Waals surface area contributed by atoms with Crippen molar-refractivity contribution in [3.05, 3.63) is 28.2 Å². The number of hydrogen-bond acceptors (Lipinski definition) is 3. The molecule has 1 saturated carbocycles. The van der Waals surface area contributed by atoms with Gasteiger partial charge in [-0.05, 0) is 24.6 Å². The number of methoxy groups -OCH3 is 1. The molecule has 20 heavy (non-hydrogen) atoms. The largest absolute Gasteiger partial charge is 0.493 e. The second kappa shape index (κ2) is 5.32. The third-order valence-corrected chi connectivity index (χ3v) is 5.37. The third-order valence-electron chi connectivity index (χ3n) is 4.88. The Hall–Kier alpha value is -0.580. The Morgan fingerprint density at radius 1 is 1.40 bits per heavy atom. The molecule has 1 N–H and O–H groups in total. The minimum absolute atomic E-state index is 0.194. The van der Waals surface area contributed by atoms with Gasteiger partial charge in [-0.1, -0.05) is 29.8 Å². The zero-order chi connectivity index (χ0) is 14.3. The average molecular weight is 340 g/mol. The maximum absolute atomic E-state index is 5.75. The Morgan fingerprint density at radius 3 is 2.90 bits per heavy atom. The zero-order valence-electron chi connectivity index (χ0n) is 12.3. The molecule has 0 saturated heterocycles. The quantitative estimate of drug-likeness (QED) is 0.911. The van der Waals surface area contributed by atoms with E-state index in [0.717, 1.165) is 29.7 Å². The van der Waals surface area contributed by atoms with Crippen LogP contribution in [0.3, 0.4) is 0 Å². The summed E-state index contributed by atoms with van der Waals surface area (Å²) in [6.45, 7) is 5.35. The van der Waals surface area contributed by atoms with Crippen LogP contribution in [0.4, 0.5) is 0 Å². The second-order valence-electron chi connectivity index (χ2n) is 6.37. The Bertz CT molecular complexity index is 503. The standard InChI is InChI=1S/C16H22BrNO2/c1-16(2)14(9-15(16)19-3)18-12-6-7-20-13-5-4-10(17)8-11(12)13/h4-5,8,12,14-15,18H,6-7,9H2,1-3H3. The number of halogens is 1. The lowest BCUT2D eigenvalue weighted by Crippen LogP contribution is -2.61. The third kappa shape index (κ3) is 2.38. The summed E-state index contributed by atoms with van der Waals surface area (Å²) in [4.78, 5) is 0. The predicted molar refractivity (Wildman–Crippen MR) is 83.1 cm³/mol. The van der Waals surface area contributed by atoms with E-state index in [1.807, 2.05) is 13.2 Å². The van der Waals surface area contributed by atoms with Crippen molar-refractivity contribution in [3.8, 4) is 5.75 Å². The summed E-state index contributed by atoms with van der Waals surface area (Å²) >= 11 is 3.56. The Labute approximate surface area is 129 Å². The molecule has 1 aromatic carbocycles. The van der Waals surface area contributed by atoms with Crippen LogP contribution in [-0.4, -0.2) is 25.9 Å². The molecule has 1 fully saturated rings. The monoisotopic (exact) mass is 339 g/mol. The molecule has 1 aliphatic heterocycles. The van der Waals surface area contributed by atoms with Crippen LogP contribution >= 0.6 is 15.9 Å². The number of nitrogens with one attached hydrogen (secondary N) is 1. The van der Waals surface area contributed by atoms with Crippen LogP contribution in [0.1, 0.15) is 38.3 Å². The van der Waals surface area contributed by atoms with Gasteiger partial charge in [0, 0.05) is 41.1 Å². The first-order chi connectivity index (χ1) is 9.52. The number of fused-ring (bicyclic) bond motifs is 1. The molecular formula is C16H22BrNO2. The highest BCUT2D eigenvalue weighted by atomic mass is 79.9. The van der Waals surface area contributed by atoms with Crippen molar-refractivity contribution in [2.24, 2.45) is 5.41 Å². The number of hydrogen-bond donors (Lipinski definition) is 1. The van der Waals surface area contributed by atoms with Gasteiger partial charge in [-0.25, -0.2) is 0 Å². The average Bonchev–Trinajstić information content (AvgIpc) is 2.43. The summed E-state index contributed by atoms with van der Waals surface area (Å²) in [6, 6.07) is 7.14. The van der Waals surface area contributed by atoms with Crippen LogP contribution in [0.15, 0.2) is 22.7 Å². The molecule has 0 spiro atoms. The van der Waals surface area contributed by atoms with E-state index in [2.05, 4.69) is 47.2 Å². The van der Waals surface area contributed by atoms with Crippen molar-refractivity contribution < 1.29 is 9.47 Å². The van der Waals surface area contributed by atoms with Gasteiger partial charge in [-0.2, -0.15) is 0 Å². The van der Waals surface area contributed by atoms with E-state index in [9.17, 15) is 0 Å². The van der Waals surface area contributed by atoms with Crippen molar-refractivity contribution in [2.75, 3.05) is 13.7 Å². The molecule has 0 radical (unpaired) electrons. The molecule has 110 valence electrons. The van der Waals surface area contributed by atoms with Crippen molar-refractivity contribution in [1.29, 1.82) is 0 Å². The molecule has 2 aliphatic rings. The molecular weight excluding hydrogens is 318 g/mol. The summed E-state index contributed by atoms with van der Waals surface area (Å²) in [6.07, 6.45) is 2.47. The lowest BCUT2D eigenvalue weighted by Gasteiger charge is -2.53. The van der Waals surface area contributed by atoms with Gasteiger partial charge in [0.05, 0.1) is 12.7 Å². The first-order valence-corrected chi connectivity index (χ1v) is 8.02. The first-order valence-electron chi connectivity index (χ1n) is 7.23. The molecule has 0 bridgehead atoms. The SMILES string of the molecule is COC1CC(NC2CCOc3ccc(Br)cc32)C1(C)C. The van der Waals surface area contributed by atoms with E-state index < -0.39 is 0 Å². The van der Waals surface area contributed by atoms with Crippen LogP contribution < -0.4 is 10.1 Å². The van der Waals surface area contributed by atoms with E-state index in [4.69, 9.17) is 9.47 Å². The van der Waals surface area contributed by atoms with Gasteiger partial charge in [0.2, 0.25) is 0 Å². The summed E-state index contributed by atoms with van der Waals surface area (Å²) < 4.78 is 12.4. The topological polar surface area (TPSA) is 30.5 Å². The van der Waals surface area contributed by atoms with E-state index in [1.165, 1.54) is 5.56 Å². The van der Waals surface area contributed by atoms with Crippen LogP contribution in [-0.2, 0) is 4.74 Å². The molecule has 1 aromatic rings. The summed E-state index contributed by atoms with van der Waals surface area (Å²) in [7, 11) is 1.81. The fourth-order valence-electron chi connectivity index (χ4n) is 3.35. The van der Waals surface area contributed by atoms with E-state index in [-0.39, 0.29) is 5.41 Å². The fraction of sp³-hybridized carbons (Fsp3) is 0.625. The molecule has 4 heteroatoms. The summed E-state index contributed by atoms with van der Waals surface area (Å²) in [5.41, 5.74) is 1.46. The van der Waals surface area contributed by atoms with Crippen LogP contribution in [0.5, 0.6) is 5.75 Å². The van der Waals surface area contributed by atoms with Crippen molar-refractivity contribution in [1.82, 2.24) is 5.32 Å². The first kappa shape index (κ1) is 14.4.